The highest BCUT2D eigenvalue weighted by Gasteiger charge is 2.39. The number of rotatable bonds is 1. The molecule has 5 heteroatoms. The minimum atomic E-state index is -0.0730. The van der Waals surface area contributed by atoms with Crippen molar-refractivity contribution in [3.63, 3.8) is 0 Å². The van der Waals surface area contributed by atoms with Gasteiger partial charge in [-0.15, -0.1) is 0 Å². The Morgan fingerprint density at radius 1 is 1.53 bits per heavy atom. The third kappa shape index (κ3) is 1.85. The standard InChI is InChI=1S/C12H15ClN2O2/c13-9-3-6-17-11(9)12(16)15-5-2-8-1-4-14-7-10(8)15/h3,6,8,10,14H,1-2,4-5,7H2. The van der Waals surface area contributed by atoms with Crippen LogP contribution in [-0.4, -0.2) is 36.5 Å². The van der Waals surface area contributed by atoms with Gasteiger partial charge in [-0.2, -0.15) is 0 Å². The Morgan fingerprint density at radius 2 is 2.41 bits per heavy atom. The molecule has 3 rings (SSSR count). The Balaban J connectivity index is 1.81. The van der Waals surface area contributed by atoms with Gasteiger partial charge >= 0.3 is 0 Å². The average Bonchev–Trinajstić information content (AvgIpc) is 2.94. The quantitative estimate of drug-likeness (QED) is 0.831. The van der Waals surface area contributed by atoms with Gasteiger partial charge in [0.15, 0.2) is 0 Å². The Hall–Kier alpha value is -1.00. The van der Waals surface area contributed by atoms with Crippen molar-refractivity contribution in [2.75, 3.05) is 19.6 Å². The van der Waals surface area contributed by atoms with Gasteiger partial charge in [0.25, 0.3) is 5.91 Å². The zero-order chi connectivity index (χ0) is 11.8. The molecular weight excluding hydrogens is 240 g/mol. The molecular formula is C12H15ClN2O2. The lowest BCUT2D eigenvalue weighted by atomic mass is 9.93. The predicted octanol–water partition coefficient (Wildman–Crippen LogP) is 1.76. The van der Waals surface area contributed by atoms with Crippen molar-refractivity contribution in [1.82, 2.24) is 10.2 Å². The van der Waals surface area contributed by atoms with E-state index in [-0.39, 0.29) is 11.7 Å². The smallest absolute Gasteiger partial charge is 0.291 e. The van der Waals surface area contributed by atoms with Crippen LogP contribution >= 0.6 is 11.6 Å². The van der Waals surface area contributed by atoms with Gasteiger partial charge in [0, 0.05) is 19.1 Å². The number of carbonyl (C=O) groups excluding carboxylic acids is 1. The van der Waals surface area contributed by atoms with Crippen molar-refractivity contribution >= 4 is 17.5 Å². The van der Waals surface area contributed by atoms with E-state index in [1.165, 1.54) is 6.26 Å². The fraction of sp³-hybridized carbons (Fsp3) is 0.583. The summed E-state index contributed by atoms with van der Waals surface area (Å²) in [6, 6.07) is 1.92. The number of furan rings is 1. The van der Waals surface area contributed by atoms with Crippen LogP contribution in [0.1, 0.15) is 23.4 Å². The van der Waals surface area contributed by atoms with Crippen LogP contribution in [-0.2, 0) is 0 Å². The molecule has 2 aliphatic heterocycles. The molecule has 92 valence electrons. The Kier molecular flexibility index (Phi) is 2.84. The second kappa shape index (κ2) is 4.35. The average molecular weight is 255 g/mol. The van der Waals surface area contributed by atoms with Crippen molar-refractivity contribution < 1.29 is 9.21 Å². The Labute approximate surface area is 105 Å². The first-order valence-electron chi connectivity index (χ1n) is 6.02. The number of halogens is 1. The van der Waals surface area contributed by atoms with E-state index >= 15 is 0 Å². The van der Waals surface area contributed by atoms with Crippen LogP contribution in [0.5, 0.6) is 0 Å². The van der Waals surface area contributed by atoms with E-state index in [4.69, 9.17) is 16.0 Å². The van der Waals surface area contributed by atoms with Gasteiger partial charge in [0.05, 0.1) is 11.3 Å². The molecule has 2 atom stereocenters. The maximum atomic E-state index is 12.3. The summed E-state index contributed by atoms with van der Waals surface area (Å²) < 4.78 is 5.17. The van der Waals surface area contributed by atoms with E-state index in [0.29, 0.717) is 17.0 Å². The summed E-state index contributed by atoms with van der Waals surface area (Å²) in [5, 5.41) is 3.75. The van der Waals surface area contributed by atoms with Gasteiger partial charge in [0.2, 0.25) is 5.76 Å². The third-order valence-electron chi connectivity index (χ3n) is 3.80. The monoisotopic (exact) mass is 254 g/mol. The van der Waals surface area contributed by atoms with Gasteiger partial charge in [-0.3, -0.25) is 4.79 Å². The lowest BCUT2D eigenvalue weighted by Crippen LogP contribution is -2.48. The number of hydrogen-bond donors (Lipinski definition) is 1. The van der Waals surface area contributed by atoms with Crippen molar-refractivity contribution in [2.45, 2.75) is 18.9 Å². The topological polar surface area (TPSA) is 45.5 Å². The molecule has 1 aromatic rings. The van der Waals surface area contributed by atoms with E-state index < -0.39 is 0 Å². The molecule has 2 fully saturated rings. The molecule has 3 heterocycles. The highest BCUT2D eigenvalue weighted by molar-refractivity contribution is 6.33. The van der Waals surface area contributed by atoms with Gasteiger partial charge in [-0.25, -0.2) is 0 Å². The molecule has 2 saturated heterocycles. The van der Waals surface area contributed by atoms with E-state index in [2.05, 4.69) is 5.32 Å². The van der Waals surface area contributed by atoms with Crippen LogP contribution in [0.4, 0.5) is 0 Å². The Morgan fingerprint density at radius 3 is 3.18 bits per heavy atom. The molecule has 1 N–H and O–H groups in total. The number of hydrogen-bond acceptors (Lipinski definition) is 3. The predicted molar refractivity (Wildman–Crippen MR) is 64.1 cm³/mol. The van der Waals surface area contributed by atoms with Gasteiger partial charge in [0.1, 0.15) is 0 Å². The van der Waals surface area contributed by atoms with Crippen LogP contribution in [0.2, 0.25) is 5.02 Å². The van der Waals surface area contributed by atoms with Crippen LogP contribution in [0.3, 0.4) is 0 Å². The summed E-state index contributed by atoms with van der Waals surface area (Å²) in [6.45, 7) is 2.76. The van der Waals surface area contributed by atoms with Crippen molar-refractivity contribution in [3.8, 4) is 0 Å². The third-order valence-corrected chi connectivity index (χ3v) is 4.10. The molecule has 0 aliphatic carbocycles. The molecule has 0 spiro atoms. The normalized spacial score (nSPS) is 28.2. The van der Waals surface area contributed by atoms with Gasteiger partial charge in [-0.1, -0.05) is 11.6 Å². The first-order chi connectivity index (χ1) is 8.27. The van der Waals surface area contributed by atoms with Crippen LogP contribution in [0.15, 0.2) is 16.7 Å². The molecule has 1 aromatic heterocycles. The van der Waals surface area contributed by atoms with E-state index in [1.54, 1.807) is 6.07 Å². The summed E-state index contributed by atoms with van der Waals surface area (Å²) in [5.74, 6) is 0.836. The number of nitrogens with one attached hydrogen (secondary N) is 1. The van der Waals surface area contributed by atoms with Crippen molar-refractivity contribution in [1.29, 1.82) is 0 Å². The number of piperidine rings is 1. The van der Waals surface area contributed by atoms with Crippen LogP contribution in [0, 0.1) is 5.92 Å². The molecule has 0 radical (unpaired) electrons. The van der Waals surface area contributed by atoms with Gasteiger partial charge < -0.3 is 14.6 Å². The van der Waals surface area contributed by atoms with E-state index in [1.807, 2.05) is 4.90 Å². The fourth-order valence-corrected chi connectivity index (χ4v) is 3.07. The SMILES string of the molecule is O=C(c1occc1Cl)N1CCC2CCNCC21. The zero-order valence-corrected chi connectivity index (χ0v) is 10.2. The summed E-state index contributed by atoms with van der Waals surface area (Å²) in [6.07, 6.45) is 3.71. The number of carbonyl (C=O) groups is 1. The first-order valence-corrected chi connectivity index (χ1v) is 6.40. The summed E-state index contributed by atoms with van der Waals surface area (Å²) in [5.41, 5.74) is 0. The molecule has 0 saturated carbocycles. The molecule has 2 unspecified atom stereocenters. The Bertz CT molecular complexity index is 432. The lowest BCUT2D eigenvalue weighted by molar-refractivity contribution is 0.0671. The number of amides is 1. The molecule has 0 bridgehead atoms. The fourth-order valence-electron chi connectivity index (χ4n) is 2.90. The molecule has 4 nitrogen and oxygen atoms in total. The van der Waals surface area contributed by atoms with Crippen molar-refractivity contribution in [2.24, 2.45) is 5.92 Å². The zero-order valence-electron chi connectivity index (χ0n) is 9.49. The van der Waals surface area contributed by atoms with E-state index in [0.717, 1.165) is 32.5 Å². The molecule has 1 amide bonds. The number of likely N-dealkylation sites (tertiary alicyclic amines) is 1. The van der Waals surface area contributed by atoms with E-state index in [9.17, 15) is 4.79 Å². The molecule has 2 aliphatic rings. The number of nitrogens with zero attached hydrogens (tertiary/aromatic N) is 1. The van der Waals surface area contributed by atoms with Gasteiger partial charge in [-0.05, 0) is 31.4 Å². The lowest BCUT2D eigenvalue weighted by Gasteiger charge is -2.31. The largest absolute Gasteiger partial charge is 0.458 e. The van der Waals surface area contributed by atoms with Crippen LogP contribution < -0.4 is 5.32 Å². The first kappa shape index (κ1) is 11.1. The molecule has 0 aromatic carbocycles. The second-order valence-corrected chi connectivity index (χ2v) is 5.11. The molecule has 17 heavy (non-hydrogen) atoms. The minimum absolute atomic E-state index is 0.0730. The second-order valence-electron chi connectivity index (χ2n) is 4.71. The highest BCUT2D eigenvalue weighted by Crippen LogP contribution is 2.31. The maximum Gasteiger partial charge on any atom is 0.291 e. The van der Waals surface area contributed by atoms with Crippen LogP contribution in [0.25, 0.3) is 0 Å². The minimum Gasteiger partial charge on any atom is -0.458 e. The number of fused-ring (bicyclic) bond motifs is 1. The summed E-state index contributed by atoms with van der Waals surface area (Å²) in [4.78, 5) is 14.2. The van der Waals surface area contributed by atoms with Crippen molar-refractivity contribution in [3.05, 3.63) is 23.1 Å². The maximum absolute atomic E-state index is 12.3. The summed E-state index contributed by atoms with van der Waals surface area (Å²) in [7, 11) is 0. The highest BCUT2D eigenvalue weighted by atomic mass is 35.5. The summed E-state index contributed by atoms with van der Waals surface area (Å²) >= 11 is 5.93.